The van der Waals surface area contributed by atoms with Gasteiger partial charge in [-0.2, -0.15) is 0 Å². The van der Waals surface area contributed by atoms with Crippen LogP contribution in [0.5, 0.6) is 11.5 Å². The smallest absolute Gasteiger partial charge is 0.257 e. The van der Waals surface area contributed by atoms with Crippen molar-refractivity contribution in [3.8, 4) is 22.6 Å². The van der Waals surface area contributed by atoms with Crippen LogP contribution in [0, 0.1) is 6.92 Å². The van der Waals surface area contributed by atoms with Crippen LogP contribution in [0.2, 0.25) is 0 Å². The summed E-state index contributed by atoms with van der Waals surface area (Å²) < 4.78 is 0. The number of phenols is 2. The maximum absolute atomic E-state index is 13.7. The maximum Gasteiger partial charge on any atom is 0.257 e. The lowest BCUT2D eigenvalue weighted by Crippen LogP contribution is -2.27. The first-order valence-corrected chi connectivity index (χ1v) is 11.9. The number of hydrogen-bond acceptors (Lipinski definition) is 3. The molecule has 178 valence electrons. The van der Waals surface area contributed by atoms with Gasteiger partial charge >= 0.3 is 0 Å². The number of phenolic OH excluding ortho intramolecular Hbond substituents is 2. The van der Waals surface area contributed by atoms with E-state index in [1.165, 1.54) is 0 Å². The zero-order chi connectivity index (χ0) is 24.8. The van der Waals surface area contributed by atoms with Gasteiger partial charge < -0.3 is 15.1 Å². The Balaban J connectivity index is 2.16. The molecule has 0 aliphatic heterocycles. The average molecular weight is 458 g/mol. The van der Waals surface area contributed by atoms with Gasteiger partial charge in [-0.05, 0) is 55.0 Å². The summed E-state index contributed by atoms with van der Waals surface area (Å²) in [5.41, 5.74) is 5.51. The minimum atomic E-state index is -0.265. The number of rotatable bonds is 9. The molecule has 0 saturated heterocycles. The summed E-state index contributed by atoms with van der Waals surface area (Å²) in [6.07, 6.45) is 3.53. The molecule has 0 saturated carbocycles. The molecule has 0 spiro atoms. The zero-order valence-corrected chi connectivity index (χ0v) is 20.7. The Labute approximate surface area is 203 Å². The minimum Gasteiger partial charge on any atom is -0.507 e. The monoisotopic (exact) mass is 457 g/mol. The molecule has 1 amide bonds. The van der Waals surface area contributed by atoms with Crippen molar-refractivity contribution in [3.05, 3.63) is 89.0 Å². The first-order chi connectivity index (χ1) is 16.2. The van der Waals surface area contributed by atoms with E-state index in [0.717, 1.165) is 41.5 Å². The number of aromatic hydroxyl groups is 2. The largest absolute Gasteiger partial charge is 0.507 e. The van der Waals surface area contributed by atoms with Crippen LogP contribution in [-0.2, 0) is 13.0 Å². The van der Waals surface area contributed by atoms with Gasteiger partial charge in [-0.25, -0.2) is 0 Å². The highest BCUT2D eigenvalue weighted by Crippen LogP contribution is 2.45. The van der Waals surface area contributed by atoms with Crippen LogP contribution in [0.25, 0.3) is 16.7 Å². The number of benzene rings is 3. The molecular formula is C30H35NO3. The average Bonchev–Trinajstić information content (AvgIpc) is 2.79. The summed E-state index contributed by atoms with van der Waals surface area (Å²) in [4.78, 5) is 15.3. The van der Waals surface area contributed by atoms with E-state index in [-0.39, 0.29) is 28.5 Å². The molecule has 2 N–H and O–H groups in total. The second-order valence-corrected chi connectivity index (χ2v) is 9.09. The normalized spacial score (nSPS) is 10.8. The summed E-state index contributed by atoms with van der Waals surface area (Å²) in [7, 11) is 1.74. The second-order valence-electron chi connectivity index (χ2n) is 9.09. The Morgan fingerprint density at radius 2 is 1.74 bits per heavy atom. The predicted octanol–water partition coefficient (Wildman–Crippen LogP) is 7.11. The van der Waals surface area contributed by atoms with E-state index in [1.807, 2.05) is 62.4 Å². The lowest BCUT2D eigenvalue weighted by atomic mass is 9.88. The van der Waals surface area contributed by atoms with Gasteiger partial charge in [-0.15, -0.1) is 0 Å². The van der Waals surface area contributed by atoms with Gasteiger partial charge in [0.2, 0.25) is 0 Å². The van der Waals surface area contributed by atoms with Crippen LogP contribution >= 0.6 is 0 Å². The van der Waals surface area contributed by atoms with E-state index >= 15 is 0 Å². The highest BCUT2D eigenvalue weighted by Gasteiger charge is 2.27. The summed E-state index contributed by atoms with van der Waals surface area (Å²) in [6.45, 7) is 10.5. The Kier molecular flexibility index (Phi) is 8.17. The first kappa shape index (κ1) is 25.1. The molecule has 0 atom stereocenters. The zero-order valence-electron chi connectivity index (χ0n) is 20.7. The van der Waals surface area contributed by atoms with Gasteiger partial charge in [0.15, 0.2) is 0 Å². The topological polar surface area (TPSA) is 60.8 Å². The molecule has 0 radical (unpaired) electrons. The summed E-state index contributed by atoms with van der Waals surface area (Å²) in [5, 5.41) is 22.6. The number of aryl methyl sites for hydroxylation is 2. The van der Waals surface area contributed by atoms with E-state index in [0.29, 0.717) is 24.1 Å². The van der Waals surface area contributed by atoms with Gasteiger partial charge in [0.1, 0.15) is 11.5 Å². The van der Waals surface area contributed by atoms with Crippen molar-refractivity contribution < 1.29 is 15.0 Å². The lowest BCUT2D eigenvalue weighted by molar-refractivity contribution is 0.0781. The molecule has 0 fully saturated rings. The highest BCUT2D eigenvalue weighted by atomic mass is 16.3. The van der Waals surface area contributed by atoms with Gasteiger partial charge in [-0.3, -0.25) is 4.79 Å². The minimum absolute atomic E-state index is 0.0284. The Hall–Kier alpha value is -3.53. The fourth-order valence-corrected chi connectivity index (χ4v) is 4.33. The molecule has 4 nitrogen and oxygen atoms in total. The van der Waals surface area contributed by atoms with Crippen LogP contribution < -0.4 is 0 Å². The number of allylic oxidation sites excluding steroid dienone is 1. The van der Waals surface area contributed by atoms with Crippen molar-refractivity contribution in [2.45, 2.75) is 53.0 Å². The fraction of sp³-hybridized carbons (Fsp3) is 0.300. The standard InChI is InChI=1S/C30H35NO3/c1-6-7-9-14-23-18-26(32)28(25-17-21(4)15-16-24(25)20(2)3)29(33)27(23)30(34)31(5)19-22-12-10-8-11-13-22/h8,10-13,15-18,32-33H,2,6-7,9,14,19H2,1,3-5H3. The van der Waals surface area contributed by atoms with Gasteiger partial charge in [0.05, 0.1) is 11.1 Å². The van der Waals surface area contributed by atoms with Crippen molar-refractivity contribution in [3.63, 3.8) is 0 Å². The quantitative estimate of drug-likeness (QED) is 0.337. The summed E-state index contributed by atoms with van der Waals surface area (Å²) in [6, 6.07) is 17.2. The maximum atomic E-state index is 13.7. The molecule has 0 aliphatic carbocycles. The number of carbonyl (C=O) groups excluding carboxylic acids is 1. The molecule has 0 bridgehead atoms. The fourth-order valence-electron chi connectivity index (χ4n) is 4.33. The molecule has 3 aromatic rings. The molecule has 4 heteroatoms. The number of unbranched alkanes of at least 4 members (excludes halogenated alkanes) is 2. The van der Waals surface area contributed by atoms with Crippen LogP contribution in [0.3, 0.4) is 0 Å². The van der Waals surface area contributed by atoms with E-state index in [1.54, 1.807) is 18.0 Å². The van der Waals surface area contributed by atoms with Crippen LogP contribution in [-0.4, -0.2) is 28.1 Å². The Morgan fingerprint density at radius 3 is 2.38 bits per heavy atom. The number of carbonyl (C=O) groups is 1. The van der Waals surface area contributed by atoms with E-state index in [2.05, 4.69) is 13.5 Å². The third-order valence-electron chi connectivity index (χ3n) is 6.14. The predicted molar refractivity (Wildman–Crippen MR) is 140 cm³/mol. The third-order valence-corrected chi connectivity index (χ3v) is 6.14. The van der Waals surface area contributed by atoms with Crippen molar-refractivity contribution >= 4 is 11.5 Å². The SMILES string of the molecule is C=C(C)c1ccc(C)cc1-c1c(O)cc(CCCCC)c(C(=O)N(C)Cc2ccccc2)c1O. The number of nitrogens with zero attached hydrogens (tertiary/aromatic N) is 1. The van der Waals surface area contributed by atoms with E-state index in [9.17, 15) is 15.0 Å². The third kappa shape index (κ3) is 5.51. The van der Waals surface area contributed by atoms with E-state index < -0.39 is 0 Å². The van der Waals surface area contributed by atoms with Gasteiger partial charge in [0.25, 0.3) is 5.91 Å². The Bertz CT molecular complexity index is 1180. The van der Waals surface area contributed by atoms with Crippen molar-refractivity contribution in [2.24, 2.45) is 0 Å². The Morgan fingerprint density at radius 1 is 1.03 bits per heavy atom. The number of amides is 1. The molecule has 3 aromatic carbocycles. The van der Waals surface area contributed by atoms with Crippen molar-refractivity contribution in [1.29, 1.82) is 0 Å². The summed E-state index contributed by atoms with van der Waals surface area (Å²) in [5.74, 6) is -0.470. The molecule has 0 aliphatic rings. The van der Waals surface area contributed by atoms with Crippen LogP contribution in [0.15, 0.2) is 61.2 Å². The van der Waals surface area contributed by atoms with Gasteiger partial charge in [0, 0.05) is 13.6 Å². The molecule has 0 aromatic heterocycles. The van der Waals surface area contributed by atoms with Gasteiger partial charge in [-0.1, -0.05) is 86.0 Å². The van der Waals surface area contributed by atoms with Crippen molar-refractivity contribution in [1.82, 2.24) is 4.90 Å². The van der Waals surface area contributed by atoms with E-state index in [4.69, 9.17) is 0 Å². The molecule has 0 unspecified atom stereocenters. The second kappa shape index (κ2) is 11.1. The molecule has 3 rings (SSSR count). The molecule has 0 heterocycles. The molecule has 34 heavy (non-hydrogen) atoms. The van der Waals surface area contributed by atoms with Crippen LogP contribution in [0.1, 0.15) is 65.7 Å². The summed E-state index contributed by atoms with van der Waals surface area (Å²) >= 11 is 0. The lowest BCUT2D eigenvalue weighted by Gasteiger charge is -2.23. The first-order valence-electron chi connectivity index (χ1n) is 11.9. The number of hydrogen-bond donors (Lipinski definition) is 2. The molecular weight excluding hydrogens is 422 g/mol. The highest BCUT2D eigenvalue weighted by molar-refractivity contribution is 6.02. The van der Waals surface area contributed by atoms with Crippen LogP contribution in [0.4, 0.5) is 0 Å². The van der Waals surface area contributed by atoms with Crippen molar-refractivity contribution in [2.75, 3.05) is 7.05 Å².